The topological polar surface area (TPSA) is 101 Å². The number of nitrogens with one attached hydrogen (secondary N) is 2. The van der Waals surface area contributed by atoms with E-state index in [1.165, 1.54) is 12.3 Å². The van der Waals surface area contributed by atoms with Crippen LogP contribution in [0.1, 0.15) is 45.8 Å². The highest BCUT2D eigenvalue weighted by atomic mass is 16.5. The number of rotatable bonds is 4. The maximum absolute atomic E-state index is 12.1. The monoisotopic (exact) mass is 350 g/mol. The molecule has 0 unspecified atom stereocenters. The lowest BCUT2D eigenvalue weighted by molar-refractivity contribution is 0.0988. The number of hydrogen-bond acceptors (Lipinski definition) is 5. The fourth-order valence-electron chi connectivity index (χ4n) is 3.35. The zero-order chi connectivity index (χ0) is 17.9. The number of aromatic amines is 1. The first kappa shape index (κ1) is 16.3. The van der Waals surface area contributed by atoms with Crippen molar-refractivity contribution in [3.63, 3.8) is 0 Å². The summed E-state index contributed by atoms with van der Waals surface area (Å²) in [4.78, 5) is 24.1. The minimum absolute atomic E-state index is 0.0727. The number of aromatic nitrogens is 3. The van der Waals surface area contributed by atoms with Crippen LogP contribution in [0, 0.1) is 0 Å². The number of benzene rings is 1. The smallest absolute Gasteiger partial charge is 0.294 e. The Balaban J connectivity index is 1.56. The summed E-state index contributed by atoms with van der Waals surface area (Å²) < 4.78 is 4.86. The summed E-state index contributed by atoms with van der Waals surface area (Å²) in [7, 11) is 0. The molecule has 1 amide bonds. The van der Waals surface area contributed by atoms with E-state index in [-0.39, 0.29) is 17.2 Å². The van der Waals surface area contributed by atoms with Gasteiger partial charge in [-0.05, 0) is 48.9 Å². The van der Waals surface area contributed by atoms with Gasteiger partial charge in [-0.2, -0.15) is 5.10 Å². The zero-order valence-corrected chi connectivity index (χ0v) is 14.1. The molecule has 1 aromatic carbocycles. The standard InChI is InChI=1S/C19H18N4O3/c24-18-15-7-2-1-6-14(15)16(22-23-18)11-12-4-3-5-13(10-12)21-19(25)17-8-9-20-26-17/h3-5,8-10H,1-2,6-7,11H2,(H,21,25)(H,23,24). The van der Waals surface area contributed by atoms with Crippen molar-refractivity contribution in [1.29, 1.82) is 0 Å². The van der Waals surface area contributed by atoms with Gasteiger partial charge in [-0.3, -0.25) is 9.59 Å². The van der Waals surface area contributed by atoms with Crippen molar-refractivity contribution in [3.05, 3.63) is 75.0 Å². The van der Waals surface area contributed by atoms with Crippen LogP contribution in [0.5, 0.6) is 0 Å². The maximum Gasteiger partial charge on any atom is 0.294 e. The van der Waals surface area contributed by atoms with Gasteiger partial charge in [-0.1, -0.05) is 17.3 Å². The van der Waals surface area contributed by atoms with Crippen molar-refractivity contribution >= 4 is 11.6 Å². The summed E-state index contributed by atoms with van der Waals surface area (Å²) >= 11 is 0. The number of carbonyl (C=O) groups is 1. The number of nitrogens with zero attached hydrogens (tertiary/aromatic N) is 2. The van der Waals surface area contributed by atoms with E-state index in [2.05, 4.69) is 20.7 Å². The van der Waals surface area contributed by atoms with Crippen LogP contribution in [0.4, 0.5) is 5.69 Å². The Morgan fingerprint density at radius 1 is 1.19 bits per heavy atom. The van der Waals surface area contributed by atoms with Crippen LogP contribution in [0.15, 0.2) is 45.8 Å². The van der Waals surface area contributed by atoms with Gasteiger partial charge in [0.2, 0.25) is 5.76 Å². The van der Waals surface area contributed by atoms with Gasteiger partial charge >= 0.3 is 0 Å². The molecule has 2 heterocycles. The second-order valence-electron chi connectivity index (χ2n) is 6.37. The average Bonchev–Trinajstić information content (AvgIpc) is 3.20. The van der Waals surface area contributed by atoms with E-state index in [0.29, 0.717) is 12.1 Å². The SMILES string of the molecule is O=C(Nc1cccc(Cc2n[nH]c(=O)c3c2CCCC3)c1)c1ccno1. The van der Waals surface area contributed by atoms with Crippen LogP contribution in [-0.4, -0.2) is 21.3 Å². The molecular weight excluding hydrogens is 332 g/mol. The van der Waals surface area contributed by atoms with Crippen molar-refractivity contribution in [1.82, 2.24) is 15.4 Å². The number of carbonyl (C=O) groups excluding carboxylic acids is 1. The number of amides is 1. The lowest BCUT2D eigenvalue weighted by Crippen LogP contribution is -2.23. The van der Waals surface area contributed by atoms with Gasteiger partial charge in [-0.15, -0.1) is 0 Å². The van der Waals surface area contributed by atoms with Crippen molar-refractivity contribution in [2.45, 2.75) is 32.1 Å². The highest BCUT2D eigenvalue weighted by Gasteiger charge is 2.18. The summed E-state index contributed by atoms with van der Waals surface area (Å²) in [5, 5.41) is 13.2. The summed E-state index contributed by atoms with van der Waals surface area (Å²) in [5.41, 5.74) is 4.46. The minimum atomic E-state index is -0.348. The second kappa shape index (κ2) is 6.95. The van der Waals surface area contributed by atoms with Crippen LogP contribution in [0.2, 0.25) is 0 Å². The Hall–Kier alpha value is -3.22. The largest absolute Gasteiger partial charge is 0.351 e. The van der Waals surface area contributed by atoms with Crippen LogP contribution in [0.25, 0.3) is 0 Å². The van der Waals surface area contributed by atoms with E-state index >= 15 is 0 Å². The molecule has 0 bridgehead atoms. The Morgan fingerprint density at radius 2 is 2.04 bits per heavy atom. The number of fused-ring (bicyclic) bond motifs is 1. The Bertz CT molecular complexity index is 992. The fourth-order valence-corrected chi connectivity index (χ4v) is 3.35. The quantitative estimate of drug-likeness (QED) is 0.753. The molecule has 0 aliphatic heterocycles. The van der Waals surface area contributed by atoms with Crippen molar-refractivity contribution in [3.8, 4) is 0 Å². The fraction of sp³-hybridized carbons (Fsp3) is 0.263. The molecule has 0 spiro atoms. The van der Waals surface area contributed by atoms with Crippen LogP contribution < -0.4 is 10.9 Å². The van der Waals surface area contributed by atoms with E-state index in [4.69, 9.17) is 4.52 Å². The lowest BCUT2D eigenvalue weighted by Gasteiger charge is -2.17. The summed E-state index contributed by atoms with van der Waals surface area (Å²) in [6.45, 7) is 0. The van der Waals surface area contributed by atoms with E-state index < -0.39 is 0 Å². The molecular formula is C19H18N4O3. The molecule has 1 aliphatic rings. The average molecular weight is 350 g/mol. The molecule has 2 N–H and O–H groups in total. The molecule has 0 atom stereocenters. The Morgan fingerprint density at radius 3 is 2.85 bits per heavy atom. The number of hydrogen-bond donors (Lipinski definition) is 2. The highest BCUT2D eigenvalue weighted by Crippen LogP contribution is 2.23. The van der Waals surface area contributed by atoms with Gasteiger partial charge in [0.15, 0.2) is 0 Å². The summed E-state index contributed by atoms with van der Waals surface area (Å²) in [6.07, 6.45) is 5.86. The van der Waals surface area contributed by atoms with E-state index in [0.717, 1.165) is 48.1 Å². The van der Waals surface area contributed by atoms with E-state index in [9.17, 15) is 9.59 Å². The molecule has 132 valence electrons. The molecule has 4 rings (SSSR count). The Labute approximate surface area is 149 Å². The molecule has 0 saturated heterocycles. The summed E-state index contributed by atoms with van der Waals surface area (Å²) in [5.74, 6) is -0.189. The van der Waals surface area contributed by atoms with Crippen LogP contribution in [0.3, 0.4) is 0 Å². The van der Waals surface area contributed by atoms with Crippen molar-refractivity contribution < 1.29 is 9.32 Å². The third kappa shape index (κ3) is 3.28. The van der Waals surface area contributed by atoms with Gasteiger partial charge in [-0.25, -0.2) is 5.10 Å². The number of H-pyrrole nitrogens is 1. The predicted molar refractivity (Wildman–Crippen MR) is 95.2 cm³/mol. The zero-order valence-electron chi connectivity index (χ0n) is 14.1. The predicted octanol–water partition coefficient (Wildman–Crippen LogP) is 2.48. The van der Waals surface area contributed by atoms with Gasteiger partial charge in [0.25, 0.3) is 11.5 Å². The first-order chi connectivity index (χ1) is 12.7. The van der Waals surface area contributed by atoms with Crippen molar-refractivity contribution in [2.75, 3.05) is 5.32 Å². The molecule has 26 heavy (non-hydrogen) atoms. The Kier molecular flexibility index (Phi) is 4.35. The van der Waals surface area contributed by atoms with Gasteiger partial charge in [0.05, 0.1) is 11.9 Å². The van der Waals surface area contributed by atoms with Gasteiger partial charge in [0.1, 0.15) is 0 Å². The lowest BCUT2D eigenvalue weighted by atomic mass is 9.90. The van der Waals surface area contributed by atoms with Gasteiger partial charge < -0.3 is 9.84 Å². The molecule has 0 saturated carbocycles. The molecule has 3 aromatic rings. The summed E-state index contributed by atoms with van der Waals surface area (Å²) in [6, 6.07) is 9.08. The molecule has 0 radical (unpaired) electrons. The first-order valence-corrected chi connectivity index (χ1v) is 8.61. The van der Waals surface area contributed by atoms with Crippen LogP contribution >= 0.6 is 0 Å². The van der Waals surface area contributed by atoms with Crippen molar-refractivity contribution in [2.24, 2.45) is 0 Å². The highest BCUT2D eigenvalue weighted by molar-refractivity contribution is 6.02. The number of anilines is 1. The minimum Gasteiger partial charge on any atom is -0.351 e. The van der Waals surface area contributed by atoms with Gasteiger partial charge in [0, 0.05) is 23.7 Å². The third-order valence-electron chi connectivity index (χ3n) is 4.60. The molecule has 0 fully saturated rings. The molecule has 7 heteroatoms. The third-order valence-corrected chi connectivity index (χ3v) is 4.60. The second-order valence-corrected chi connectivity index (χ2v) is 6.37. The molecule has 7 nitrogen and oxygen atoms in total. The normalized spacial score (nSPS) is 13.2. The molecule has 2 aromatic heterocycles. The van der Waals surface area contributed by atoms with E-state index in [1.807, 2.05) is 24.3 Å². The maximum atomic E-state index is 12.1. The van der Waals surface area contributed by atoms with Crippen LogP contribution in [-0.2, 0) is 19.3 Å². The molecule has 1 aliphatic carbocycles. The van der Waals surface area contributed by atoms with E-state index in [1.54, 1.807) is 0 Å². The first-order valence-electron chi connectivity index (χ1n) is 8.61.